The van der Waals surface area contributed by atoms with Crippen molar-refractivity contribution in [2.24, 2.45) is 5.73 Å². The maximum absolute atomic E-state index is 11.7. The zero-order valence-electron chi connectivity index (χ0n) is 11.0. The number of ether oxygens (including phenoxy) is 1. The molecule has 3 N–H and O–H groups in total. The third kappa shape index (κ3) is 4.34. The van der Waals surface area contributed by atoms with E-state index in [-0.39, 0.29) is 6.54 Å². The summed E-state index contributed by atoms with van der Waals surface area (Å²) in [6.07, 6.45) is -0.509. The number of hydrogen-bond acceptors (Lipinski definition) is 4. The van der Waals surface area contributed by atoms with Gasteiger partial charge in [-0.2, -0.15) is 0 Å². The van der Waals surface area contributed by atoms with Gasteiger partial charge in [0.25, 0.3) is 0 Å². The number of amides is 1. The zero-order valence-corrected chi connectivity index (χ0v) is 12.6. The first-order valence-corrected chi connectivity index (χ1v) is 6.47. The van der Waals surface area contributed by atoms with Crippen LogP contribution in [0.3, 0.4) is 0 Å². The van der Waals surface area contributed by atoms with Crippen LogP contribution in [0.25, 0.3) is 0 Å². The van der Waals surface area contributed by atoms with E-state index in [1.807, 2.05) is 13.0 Å². The molecule has 1 aromatic rings. The Morgan fingerprint density at radius 2 is 2.22 bits per heavy atom. The molecule has 1 atom stereocenters. The number of rotatable bonds is 3. The van der Waals surface area contributed by atoms with Crippen LogP contribution in [0.2, 0.25) is 0 Å². The third-order valence-corrected chi connectivity index (χ3v) is 2.56. The minimum absolute atomic E-state index is 0.236. The van der Waals surface area contributed by atoms with E-state index in [1.165, 1.54) is 0 Å². The molecule has 0 fully saturated rings. The molecule has 0 aliphatic carbocycles. The van der Waals surface area contributed by atoms with Crippen molar-refractivity contribution >= 4 is 22.0 Å². The first-order chi connectivity index (χ1) is 8.23. The van der Waals surface area contributed by atoms with Gasteiger partial charge in [-0.15, -0.1) is 0 Å². The maximum atomic E-state index is 11.7. The molecule has 0 aliphatic heterocycles. The molecule has 1 unspecified atom stereocenters. The number of halogens is 1. The fraction of sp³-hybridized carbons (Fsp3) is 0.583. The minimum Gasteiger partial charge on any atom is -0.452 e. The molecular weight excluding hydrogens is 300 g/mol. The molecule has 102 valence electrons. The number of nitrogens with one attached hydrogen (secondary N) is 1. The summed E-state index contributed by atoms with van der Waals surface area (Å²) in [5.41, 5.74) is 6.03. The lowest BCUT2D eigenvalue weighted by molar-refractivity contribution is 0.0499. The second-order valence-corrected chi connectivity index (χ2v) is 5.81. The molecule has 1 aromatic heterocycles. The van der Waals surface area contributed by atoms with Crippen molar-refractivity contribution in [3.05, 3.63) is 22.1 Å². The average Bonchev–Trinajstić information content (AvgIpc) is 2.51. The van der Waals surface area contributed by atoms with Crippen LogP contribution in [0.5, 0.6) is 0 Å². The molecular formula is C12H19BrN2O3. The highest BCUT2D eigenvalue weighted by atomic mass is 79.9. The molecule has 0 bridgehead atoms. The SMILES string of the molecule is Cc1cc(Br)oc1C(CN)NC(=O)OC(C)(C)C. The van der Waals surface area contributed by atoms with Gasteiger partial charge in [0.05, 0.1) is 0 Å². The standard InChI is InChI=1S/C12H19BrN2O3/c1-7-5-9(13)17-10(7)8(6-14)15-11(16)18-12(2,3)4/h5,8H,6,14H2,1-4H3,(H,15,16). The number of aryl methyl sites for hydroxylation is 1. The van der Waals surface area contributed by atoms with Crippen molar-refractivity contribution in [2.45, 2.75) is 39.3 Å². The Labute approximate surface area is 115 Å². The summed E-state index contributed by atoms with van der Waals surface area (Å²) in [5, 5.41) is 2.69. The molecule has 0 radical (unpaired) electrons. The largest absolute Gasteiger partial charge is 0.452 e. The van der Waals surface area contributed by atoms with E-state index in [1.54, 1.807) is 20.8 Å². The van der Waals surface area contributed by atoms with Crippen LogP contribution in [0, 0.1) is 6.92 Å². The Bertz CT molecular complexity index is 423. The average molecular weight is 319 g/mol. The number of furan rings is 1. The number of nitrogens with two attached hydrogens (primary N) is 1. The third-order valence-electron chi connectivity index (χ3n) is 2.17. The van der Waals surface area contributed by atoms with E-state index in [0.29, 0.717) is 10.4 Å². The molecule has 5 nitrogen and oxygen atoms in total. The molecule has 1 heterocycles. The van der Waals surface area contributed by atoms with Crippen molar-refractivity contribution in [2.75, 3.05) is 6.54 Å². The van der Waals surface area contributed by atoms with Crippen LogP contribution < -0.4 is 11.1 Å². The van der Waals surface area contributed by atoms with E-state index in [0.717, 1.165) is 5.56 Å². The first kappa shape index (κ1) is 15.0. The molecule has 0 saturated heterocycles. The Kier molecular flexibility index (Phi) is 4.81. The van der Waals surface area contributed by atoms with Gasteiger partial charge in [-0.05, 0) is 55.3 Å². The first-order valence-electron chi connectivity index (χ1n) is 5.68. The van der Waals surface area contributed by atoms with Crippen molar-refractivity contribution < 1.29 is 13.9 Å². The molecule has 0 aromatic carbocycles. The van der Waals surface area contributed by atoms with Gasteiger partial charge < -0.3 is 20.2 Å². The van der Waals surface area contributed by atoms with Gasteiger partial charge in [0.2, 0.25) is 0 Å². The summed E-state index contributed by atoms with van der Waals surface area (Å²) in [4.78, 5) is 11.7. The molecule has 1 amide bonds. The van der Waals surface area contributed by atoms with Gasteiger partial charge in [0, 0.05) is 6.54 Å². The Morgan fingerprint density at radius 3 is 2.61 bits per heavy atom. The lowest BCUT2D eigenvalue weighted by atomic mass is 10.1. The summed E-state index contributed by atoms with van der Waals surface area (Å²) in [5.74, 6) is 0.634. The lowest BCUT2D eigenvalue weighted by Crippen LogP contribution is -2.37. The van der Waals surface area contributed by atoms with Crippen LogP contribution in [0.4, 0.5) is 4.79 Å². The number of alkyl carbamates (subject to hydrolysis) is 1. The predicted molar refractivity (Wildman–Crippen MR) is 72.3 cm³/mol. The topological polar surface area (TPSA) is 77.5 Å². The number of carbonyl (C=O) groups excluding carboxylic acids is 1. The Morgan fingerprint density at radius 1 is 1.61 bits per heavy atom. The summed E-state index contributed by atoms with van der Waals surface area (Å²) >= 11 is 3.24. The second-order valence-electron chi connectivity index (χ2n) is 5.03. The van der Waals surface area contributed by atoms with E-state index in [4.69, 9.17) is 14.9 Å². The summed E-state index contributed by atoms with van der Waals surface area (Å²) in [7, 11) is 0. The van der Waals surface area contributed by atoms with E-state index in [9.17, 15) is 4.79 Å². The fourth-order valence-electron chi connectivity index (χ4n) is 1.48. The molecule has 6 heteroatoms. The quantitative estimate of drug-likeness (QED) is 0.898. The summed E-state index contributed by atoms with van der Waals surface area (Å²) in [6.45, 7) is 7.54. The van der Waals surface area contributed by atoms with Crippen molar-refractivity contribution in [3.63, 3.8) is 0 Å². The van der Waals surface area contributed by atoms with Gasteiger partial charge in [-0.3, -0.25) is 0 Å². The molecule has 0 aliphatic rings. The molecule has 18 heavy (non-hydrogen) atoms. The van der Waals surface area contributed by atoms with E-state index < -0.39 is 17.7 Å². The highest BCUT2D eigenvalue weighted by molar-refractivity contribution is 9.10. The van der Waals surface area contributed by atoms with Gasteiger partial charge in [-0.1, -0.05) is 0 Å². The smallest absolute Gasteiger partial charge is 0.408 e. The second kappa shape index (κ2) is 5.75. The van der Waals surface area contributed by atoms with Gasteiger partial charge in [0.15, 0.2) is 4.67 Å². The van der Waals surface area contributed by atoms with Crippen LogP contribution in [0.15, 0.2) is 15.2 Å². The van der Waals surface area contributed by atoms with Crippen LogP contribution >= 0.6 is 15.9 Å². The fourth-order valence-corrected chi connectivity index (χ4v) is 2.00. The highest BCUT2D eigenvalue weighted by Crippen LogP contribution is 2.25. The van der Waals surface area contributed by atoms with E-state index >= 15 is 0 Å². The summed E-state index contributed by atoms with van der Waals surface area (Å²) < 4.78 is 11.3. The zero-order chi connectivity index (χ0) is 13.9. The maximum Gasteiger partial charge on any atom is 0.408 e. The molecule has 1 rings (SSSR count). The van der Waals surface area contributed by atoms with Gasteiger partial charge in [-0.25, -0.2) is 4.79 Å². The number of carbonyl (C=O) groups is 1. The molecule has 0 saturated carbocycles. The van der Waals surface area contributed by atoms with Crippen molar-refractivity contribution in [3.8, 4) is 0 Å². The van der Waals surface area contributed by atoms with Gasteiger partial charge in [0.1, 0.15) is 17.4 Å². The van der Waals surface area contributed by atoms with Gasteiger partial charge >= 0.3 is 6.09 Å². The highest BCUT2D eigenvalue weighted by Gasteiger charge is 2.23. The number of hydrogen-bond donors (Lipinski definition) is 2. The minimum atomic E-state index is -0.540. The van der Waals surface area contributed by atoms with Crippen molar-refractivity contribution in [1.82, 2.24) is 5.32 Å². The monoisotopic (exact) mass is 318 g/mol. The molecule has 0 spiro atoms. The Balaban J connectivity index is 2.74. The van der Waals surface area contributed by atoms with Crippen LogP contribution in [-0.4, -0.2) is 18.2 Å². The van der Waals surface area contributed by atoms with Crippen LogP contribution in [0.1, 0.15) is 38.1 Å². The van der Waals surface area contributed by atoms with E-state index in [2.05, 4.69) is 21.2 Å². The normalized spacial score (nSPS) is 13.2. The van der Waals surface area contributed by atoms with Crippen LogP contribution in [-0.2, 0) is 4.74 Å². The lowest BCUT2D eigenvalue weighted by Gasteiger charge is -2.22. The van der Waals surface area contributed by atoms with Crippen molar-refractivity contribution in [1.29, 1.82) is 0 Å². The summed E-state index contributed by atoms with van der Waals surface area (Å²) in [6, 6.07) is 1.43. The predicted octanol–water partition coefficient (Wildman–Crippen LogP) is 2.88. The Hall–Kier alpha value is -1.01.